The molecule has 2 fully saturated rings. The lowest BCUT2D eigenvalue weighted by Gasteiger charge is -2.33. The van der Waals surface area contributed by atoms with E-state index in [0.717, 1.165) is 5.56 Å². The number of rotatable bonds is 6. The minimum Gasteiger partial charge on any atom is -0.489 e. The first-order valence-electron chi connectivity index (χ1n) is 11.7. The first-order valence-corrected chi connectivity index (χ1v) is 11.7. The van der Waals surface area contributed by atoms with Crippen LogP contribution in [-0.2, 0) is 32.3 Å². The number of amides is 4. The number of fused-ring (bicyclic) bond motifs is 1. The number of nitrogens with one attached hydrogen (secondary N) is 1. The second-order valence-corrected chi connectivity index (χ2v) is 9.01. The number of hydrogen-bond donors (Lipinski definition) is 1. The Balaban J connectivity index is 1.28. The number of benzene rings is 2. The molecule has 2 unspecified atom stereocenters. The number of nitrogens with zero attached hydrogens (tertiary/aromatic N) is 2. The topological polar surface area (TPSA) is 105 Å². The number of morpholine rings is 1. The van der Waals surface area contributed by atoms with E-state index in [9.17, 15) is 19.2 Å². The summed E-state index contributed by atoms with van der Waals surface area (Å²) >= 11 is 0. The Kier molecular flexibility index (Phi) is 6.57. The van der Waals surface area contributed by atoms with Gasteiger partial charge in [-0.15, -0.1) is 0 Å². The Labute approximate surface area is 210 Å². The van der Waals surface area contributed by atoms with Crippen molar-refractivity contribution in [2.45, 2.75) is 38.0 Å². The molecule has 36 heavy (non-hydrogen) atoms. The van der Waals surface area contributed by atoms with Gasteiger partial charge in [0, 0.05) is 30.0 Å². The minimum atomic E-state index is -0.693. The van der Waals surface area contributed by atoms with Crippen LogP contribution in [0.5, 0.6) is 5.75 Å². The monoisotopic (exact) mass is 483 g/mol. The van der Waals surface area contributed by atoms with E-state index >= 15 is 0 Å². The van der Waals surface area contributed by atoms with E-state index in [1.807, 2.05) is 6.07 Å². The van der Waals surface area contributed by atoms with Gasteiger partial charge in [0.15, 0.2) is 0 Å². The molecule has 2 aromatic rings. The Bertz CT molecular complexity index is 1250. The quantitative estimate of drug-likeness (QED) is 0.453. The highest BCUT2D eigenvalue weighted by atomic mass is 16.5. The van der Waals surface area contributed by atoms with Crippen LogP contribution in [-0.4, -0.2) is 74.9 Å². The molecule has 2 atom stereocenters. The van der Waals surface area contributed by atoms with Gasteiger partial charge in [-0.1, -0.05) is 29.7 Å². The fourth-order valence-corrected chi connectivity index (χ4v) is 4.78. The highest BCUT2D eigenvalue weighted by molar-refractivity contribution is 6.33. The average Bonchev–Trinajstić information content (AvgIpc) is 3.20. The number of ether oxygens (including phenoxy) is 2. The molecule has 0 aromatic heterocycles. The first kappa shape index (κ1) is 24.1. The summed E-state index contributed by atoms with van der Waals surface area (Å²) in [6.45, 7) is 1.23. The molecule has 180 valence electrons. The van der Waals surface area contributed by atoms with Gasteiger partial charge in [0.05, 0.1) is 13.2 Å². The largest absolute Gasteiger partial charge is 0.489 e. The van der Waals surface area contributed by atoms with Crippen molar-refractivity contribution in [2.24, 2.45) is 0 Å². The molecule has 9 nitrogen and oxygen atoms in total. The molecule has 5 rings (SSSR count). The number of imide groups is 1. The molecule has 0 aliphatic carbocycles. The standard InChI is InChI=1S/C25H23B2N3O6/c26-18-10-14(23(27)29-8-9-35-13-22(29)32)4-5-15(18)12-36-20-3-1-2-16-17(20)11-30(25(16)34)19-6-7-21(31)28-24(19)33/h1-5,10,19,23H,6-9,11-13H2,(H,28,31,33). The highest BCUT2D eigenvalue weighted by Gasteiger charge is 2.40. The van der Waals surface area contributed by atoms with Gasteiger partial charge in [-0.05, 0) is 29.7 Å². The van der Waals surface area contributed by atoms with Gasteiger partial charge < -0.3 is 19.3 Å². The third-order valence-corrected chi connectivity index (χ3v) is 6.79. The molecule has 0 spiro atoms. The SMILES string of the molecule is [B]c1cc(C([B])N2CCOCC2=O)ccc1COc1cccc2c1CN(C1CCC(=O)NC1=O)C2=O. The smallest absolute Gasteiger partial charge is 0.255 e. The number of hydrogen-bond acceptors (Lipinski definition) is 6. The van der Waals surface area contributed by atoms with E-state index in [4.69, 9.17) is 25.2 Å². The summed E-state index contributed by atoms with van der Waals surface area (Å²) in [4.78, 5) is 51.9. The molecule has 3 aliphatic heterocycles. The lowest BCUT2D eigenvalue weighted by Crippen LogP contribution is -2.52. The van der Waals surface area contributed by atoms with E-state index in [2.05, 4.69) is 5.32 Å². The molecule has 3 aliphatic rings. The van der Waals surface area contributed by atoms with Crippen LogP contribution >= 0.6 is 0 Å². The van der Waals surface area contributed by atoms with Crippen LogP contribution in [0, 0.1) is 0 Å². The lowest BCUT2D eigenvalue weighted by molar-refractivity contribution is -0.143. The fourth-order valence-electron chi connectivity index (χ4n) is 4.78. The van der Waals surface area contributed by atoms with Crippen LogP contribution in [0.4, 0.5) is 0 Å². The van der Waals surface area contributed by atoms with Gasteiger partial charge in [0.2, 0.25) is 17.7 Å². The Morgan fingerprint density at radius 1 is 1.17 bits per heavy atom. The van der Waals surface area contributed by atoms with Crippen molar-refractivity contribution in [3.63, 3.8) is 0 Å². The van der Waals surface area contributed by atoms with Crippen LogP contribution in [0.3, 0.4) is 0 Å². The second-order valence-electron chi connectivity index (χ2n) is 9.01. The molecular formula is C25H23B2N3O6. The van der Waals surface area contributed by atoms with E-state index in [-0.39, 0.29) is 43.9 Å². The molecule has 0 bridgehead atoms. The van der Waals surface area contributed by atoms with Crippen molar-refractivity contribution in [3.8, 4) is 5.75 Å². The van der Waals surface area contributed by atoms with E-state index in [1.165, 1.54) is 4.90 Å². The van der Waals surface area contributed by atoms with Gasteiger partial charge in [0.1, 0.15) is 40.7 Å². The summed E-state index contributed by atoms with van der Waals surface area (Å²) in [5.41, 5.74) is 3.06. The van der Waals surface area contributed by atoms with Crippen LogP contribution in [0.2, 0.25) is 0 Å². The number of piperidine rings is 1. The third-order valence-electron chi connectivity index (χ3n) is 6.79. The van der Waals surface area contributed by atoms with Gasteiger partial charge in [-0.2, -0.15) is 0 Å². The Hall–Kier alpha value is -3.59. The number of carbonyl (C=O) groups is 4. The maximum absolute atomic E-state index is 13.0. The minimum absolute atomic E-state index is 0.0139. The van der Waals surface area contributed by atoms with Crippen LogP contribution in [0.25, 0.3) is 0 Å². The van der Waals surface area contributed by atoms with E-state index in [1.54, 1.807) is 35.2 Å². The average molecular weight is 483 g/mol. The summed E-state index contributed by atoms with van der Waals surface area (Å²) in [7, 11) is 12.6. The molecule has 11 heteroatoms. The molecule has 4 amide bonds. The van der Waals surface area contributed by atoms with Gasteiger partial charge in [-0.25, -0.2) is 0 Å². The summed E-state index contributed by atoms with van der Waals surface area (Å²) in [6.07, 6.45) is 0.486. The molecule has 2 aromatic carbocycles. The molecule has 1 N–H and O–H groups in total. The summed E-state index contributed by atoms with van der Waals surface area (Å²) < 4.78 is 11.2. The van der Waals surface area contributed by atoms with Crippen molar-refractivity contribution in [1.82, 2.24) is 15.1 Å². The van der Waals surface area contributed by atoms with E-state index < -0.39 is 17.9 Å². The lowest BCUT2D eigenvalue weighted by atomic mass is 9.81. The van der Waals surface area contributed by atoms with Crippen LogP contribution < -0.4 is 15.5 Å². The zero-order chi connectivity index (χ0) is 25.4. The third kappa shape index (κ3) is 4.51. The maximum Gasteiger partial charge on any atom is 0.255 e. The van der Waals surface area contributed by atoms with Crippen molar-refractivity contribution < 1.29 is 28.7 Å². The molecular weight excluding hydrogens is 460 g/mol. The summed E-state index contributed by atoms with van der Waals surface area (Å²) in [5.74, 6) is -1.32. The van der Waals surface area contributed by atoms with Crippen molar-refractivity contribution in [3.05, 3.63) is 58.7 Å². The second kappa shape index (κ2) is 9.81. The molecule has 3 heterocycles. The van der Waals surface area contributed by atoms with Crippen molar-refractivity contribution in [2.75, 3.05) is 19.8 Å². The molecule has 4 radical (unpaired) electrons. The zero-order valence-corrected chi connectivity index (χ0v) is 19.6. The predicted octanol–water partition coefficient (Wildman–Crippen LogP) is -0.154. The van der Waals surface area contributed by atoms with E-state index in [0.29, 0.717) is 47.5 Å². The summed E-state index contributed by atoms with van der Waals surface area (Å²) in [6, 6.07) is 9.85. The fraction of sp³-hybridized carbons (Fsp3) is 0.360. The normalized spacial score (nSPS) is 20.8. The Morgan fingerprint density at radius 3 is 2.75 bits per heavy atom. The Morgan fingerprint density at radius 2 is 2.00 bits per heavy atom. The predicted molar refractivity (Wildman–Crippen MR) is 130 cm³/mol. The van der Waals surface area contributed by atoms with Crippen molar-refractivity contribution in [1.29, 1.82) is 0 Å². The van der Waals surface area contributed by atoms with Crippen LogP contribution in [0.1, 0.15) is 45.8 Å². The highest BCUT2D eigenvalue weighted by Crippen LogP contribution is 2.34. The molecule has 2 saturated heterocycles. The maximum atomic E-state index is 13.0. The molecule has 0 saturated carbocycles. The summed E-state index contributed by atoms with van der Waals surface area (Å²) in [5, 5.41) is 2.30. The van der Waals surface area contributed by atoms with Gasteiger partial charge in [0.25, 0.3) is 5.91 Å². The zero-order valence-electron chi connectivity index (χ0n) is 19.6. The first-order chi connectivity index (χ1) is 17.3. The van der Waals surface area contributed by atoms with Gasteiger partial charge >= 0.3 is 0 Å². The van der Waals surface area contributed by atoms with Crippen molar-refractivity contribution >= 4 is 44.8 Å². The van der Waals surface area contributed by atoms with Crippen LogP contribution in [0.15, 0.2) is 36.4 Å². The number of carbonyl (C=O) groups excluding carboxylic acids is 4. The van der Waals surface area contributed by atoms with Gasteiger partial charge in [-0.3, -0.25) is 24.5 Å².